The van der Waals surface area contributed by atoms with Crippen LogP contribution < -0.4 is 0 Å². The van der Waals surface area contributed by atoms with Gasteiger partial charge in [-0.25, -0.2) is 13.2 Å². The molecule has 1 saturated carbocycles. The largest absolute Gasteiger partial charge is 0.235 e. The summed E-state index contributed by atoms with van der Waals surface area (Å²) in [6, 6.07) is 4.96. The predicted octanol–water partition coefficient (Wildman–Crippen LogP) is 1.72. The Kier molecular flexibility index (Phi) is 2.68. The van der Waals surface area contributed by atoms with E-state index in [9.17, 15) is 13.2 Å². The molecule has 1 aliphatic carbocycles. The predicted molar refractivity (Wildman–Crippen MR) is 63.3 cm³/mol. The van der Waals surface area contributed by atoms with Crippen LogP contribution in [0.15, 0.2) is 28.1 Å². The number of sulfone groups is 1. The van der Waals surface area contributed by atoms with E-state index < -0.39 is 15.4 Å². The van der Waals surface area contributed by atoms with Crippen LogP contribution in [0.2, 0.25) is 0 Å². The summed E-state index contributed by atoms with van der Waals surface area (Å²) in [5.74, 6) is 0. The van der Waals surface area contributed by atoms with Crippen LogP contribution in [0.4, 0.5) is 0 Å². The Labute approximate surface area is 100 Å². The molecular weight excluding hydrogens is 238 g/mol. The number of carbonyl (C=O) groups excluding carboxylic acids is 1. The topological polar surface area (TPSA) is 63.6 Å². The third kappa shape index (κ3) is 2.16. The fourth-order valence-corrected chi connectivity index (χ4v) is 2.63. The van der Waals surface area contributed by atoms with Gasteiger partial charge in [0.15, 0.2) is 9.84 Å². The van der Waals surface area contributed by atoms with E-state index in [0.29, 0.717) is 0 Å². The quantitative estimate of drug-likeness (QED) is 0.607. The van der Waals surface area contributed by atoms with E-state index in [4.69, 9.17) is 0 Å². The lowest BCUT2D eigenvalue weighted by Gasteiger charge is -2.13. The van der Waals surface area contributed by atoms with Gasteiger partial charge in [0.2, 0.25) is 6.08 Å². The minimum absolute atomic E-state index is 0.269. The molecule has 0 amide bonds. The van der Waals surface area contributed by atoms with Crippen molar-refractivity contribution in [1.29, 1.82) is 0 Å². The molecule has 0 aliphatic heterocycles. The Morgan fingerprint density at radius 3 is 2.47 bits per heavy atom. The van der Waals surface area contributed by atoms with E-state index in [1.54, 1.807) is 24.3 Å². The van der Waals surface area contributed by atoms with Crippen molar-refractivity contribution in [2.24, 2.45) is 4.99 Å². The number of isocyanates is 1. The lowest BCUT2D eigenvalue weighted by molar-refractivity contribution is 0.556. The van der Waals surface area contributed by atoms with Crippen LogP contribution >= 0.6 is 0 Å². The molecule has 0 atom stereocenters. The van der Waals surface area contributed by atoms with Gasteiger partial charge in [-0.2, -0.15) is 4.99 Å². The lowest BCUT2D eigenvalue weighted by atomic mass is 10.00. The number of hydrogen-bond acceptors (Lipinski definition) is 4. The summed E-state index contributed by atoms with van der Waals surface area (Å²) < 4.78 is 23.0. The third-order valence-corrected chi connectivity index (χ3v) is 4.23. The Hall–Kier alpha value is -1.45. The molecule has 1 fully saturated rings. The zero-order valence-corrected chi connectivity index (χ0v) is 10.5. The molecule has 0 spiro atoms. The monoisotopic (exact) mass is 251 g/mol. The minimum Gasteiger partial charge on any atom is -0.224 e. The maximum Gasteiger partial charge on any atom is 0.235 e. The first-order valence-corrected chi connectivity index (χ1v) is 7.18. The number of aliphatic imine (C=N–C) groups is 1. The van der Waals surface area contributed by atoms with E-state index in [2.05, 4.69) is 4.99 Å². The standard InChI is InChI=1S/C12H13NO3S/c1-9-3-4-10(17(2,15)16)7-11(9)12(5-6-12)13-8-14/h3-4,7H,5-6H2,1-2H3. The molecule has 2 rings (SSSR count). The second-order valence-corrected chi connectivity index (χ2v) is 6.50. The third-order valence-electron chi connectivity index (χ3n) is 3.12. The highest BCUT2D eigenvalue weighted by molar-refractivity contribution is 7.90. The van der Waals surface area contributed by atoms with Crippen LogP contribution in [0.5, 0.6) is 0 Å². The van der Waals surface area contributed by atoms with Gasteiger partial charge >= 0.3 is 0 Å². The summed E-state index contributed by atoms with van der Waals surface area (Å²) in [5, 5.41) is 0. The van der Waals surface area contributed by atoms with Crippen molar-refractivity contribution < 1.29 is 13.2 Å². The lowest BCUT2D eigenvalue weighted by Crippen LogP contribution is -2.07. The summed E-state index contributed by atoms with van der Waals surface area (Å²) in [6.45, 7) is 1.89. The number of benzene rings is 1. The maximum atomic E-state index is 11.5. The molecule has 0 bridgehead atoms. The normalized spacial score (nSPS) is 17.3. The van der Waals surface area contributed by atoms with Gasteiger partial charge in [0.1, 0.15) is 0 Å². The number of rotatable bonds is 3. The smallest absolute Gasteiger partial charge is 0.224 e. The van der Waals surface area contributed by atoms with Crippen molar-refractivity contribution in [3.8, 4) is 0 Å². The molecule has 1 aliphatic rings. The number of aryl methyl sites for hydroxylation is 1. The van der Waals surface area contributed by atoms with Crippen LogP contribution in [0, 0.1) is 6.92 Å². The summed E-state index contributed by atoms with van der Waals surface area (Å²) >= 11 is 0. The zero-order valence-electron chi connectivity index (χ0n) is 9.73. The van der Waals surface area contributed by atoms with Crippen LogP contribution in [0.25, 0.3) is 0 Å². The SMILES string of the molecule is Cc1ccc(S(C)(=O)=O)cc1C1(N=C=O)CC1. The highest BCUT2D eigenvalue weighted by Gasteiger charge is 2.46. The molecule has 0 N–H and O–H groups in total. The molecule has 0 heterocycles. The van der Waals surface area contributed by atoms with Gasteiger partial charge in [-0.1, -0.05) is 6.07 Å². The van der Waals surface area contributed by atoms with E-state index in [0.717, 1.165) is 24.0 Å². The average Bonchev–Trinajstić information content (AvgIpc) is 2.98. The highest BCUT2D eigenvalue weighted by atomic mass is 32.2. The Morgan fingerprint density at radius 1 is 1.35 bits per heavy atom. The van der Waals surface area contributed by atoms with Crippen LogP contribution in [0.1, 0.15) is 24.0 Å². The van der Waals surface area contributed by atoms with Crippen molar-refractivity contribution in [2.75, 3.05) is 6.26 Å². The van der Waals surface area contributed by atoms with E-state index in [1.807, 2.05) is 6.92 Å². The second kappa shape index (κ2) is 3.79. The van der Waals surface area contributed by atoms with Crippen LogP contribution in [0.3, 0.4) is 0 Å². The number of hydrogen-bond donors (Lipinski definition) is 0. The summed E-state index contributed by atoms with van der Waals surface area (Å²) in [5.41, 5.74) is 1.25. The molecule has 17 heavy (non-hydrogen) atoms. The summed E-state index contributed by atoms with van der Waals surface area (Å²) in [4.78, 5) is 14.5. The van der Waals surface area contributed by atoms with E-state index >= 15 is 0 Å². The fourth-order valence-electron chi connectivity index (χ4n) is 1.98. The van der Waals surface area contributed by atoms with Gasteiger partial charge in [-0.3, -0.25) is 0 Å². The van der Waals surface area contributed by atoms with Gasteiger partial charge in [0.05, 0.1) is 10.4 Å². The van der Waals surface area contributed by atoms with Crippen LogP contribution in [-0.4, -0.2) is 20.8 Å². The fraction of sp³-hybridized carbons (Fsp3) is 0.417. The maximum absolute atomic E-state index is 11.5. The second-order valence-electron chi connectivity index (χ2n) is 4.48. The molecule has 1 aromatic carbocycles. The first kappa shape index (κ1) is 12.0. The molecule has 0 saturated heterocycles. The van der Waals surface area contributed by atoms with Crippen molar-refractivity contribution in [2.45, 2.75) is 30.2 Å². The van der Waals surface area contributed by atoms with E-state index in [1.165, 1.54) is 6.26 Å². The zero-order chi connectivity index (χ0) is 12.7. The molecule has 1 aromatic rings. The van der Waals surface area contributed by atoms with Gasteiger partial charge in [0, 0.05) is 6.26 Å². The summed E-state index contributed by atoms with van der Waals surface area (Å²) in [6.07, 6.45) is 4.30. The minimum atomic E-state index is -3.23. The average molecular weight is 251 g/mol. The van der Waals surface area contributed by atoms with E-state index in [-0.39, 0.29) is 4.90 Å². The Balaban J connectivity index is 2.59. The van der Waals surface area contributed by atoms with Crippen LogP contribution in [-0.2, 0) is 20.2 Å². The first-order valence-electron chi connectivity index (χ1n) is 5.29. The van der Waals surface area contributed by atoms with Crippen molar-refractivity contribution >= 4 is 15.9 Å². The Bertz CT molecular complexity index is 609. The molecule has 0 radical (unpaired) electrons. The number of nitrogens with zero attached hydrogens (tertiary/aromatic N) is 1. The van der Waals surface area contributed by atoms with Gasteiger partial charge in [-0.15, -0.1) is 0 Å². The molecular formula is C12H13NO3S. The molecule has 90 valence electrons. The molecule has 5 heteroatoms. The highest BCUT2D eigenvalue weighted by Crippen LogP contribution is 2.50. The Morgan fingerprint density at radius 2 is 2.00 bits per heavy atom. The van der Waals surface area contributed by atoms with Crippen molar-refractivity contribution in [3.63, 3.8) is 0 Å². The molecule has 0 aromatic heterocycles. The van der Waals surface area contributed by atoms with Gasteiger partial charge in [-0.05, 0) is 43.0 Å². The molecule has 0 unspecified atom stereocenters. The first-order chi connectivity index (χ1) is 7.89. The van der Waals surface area contributed by atoms with Gasteiger partial charge in [0.25, 0.3) is 0 Å². The summed E-state index contributed by atoms with van der Waals surface area (Å²) in [7, 11) is -3.23. The van der Waals surface area contributed by atoms with Crippen molar-refractivity contribution in [1.82, 2.24) is 0 Å². The molecule has 4 nitrogen and oxygen atoms in total. The van der Waals surface area contributed by atoms with Gasteiger partial charge < -0.3 is 0 Å². The van der Waals surface area contributed by atoms with Crippen molar-refractivity contribution in [3.05, 3.63) is 29.3 Å².